The van der Waals surface area contributed by atoms with Gasteiger partial charge in [0.25, 0.3) is 0 Å². The van der Waals surface area contributed by atoms with Crippen molar-refractivity contribution in [3.63, 3.8) is 0 Å². The fourth-order valence-corrected chi connectivity index (χ4v) is 3.52. The van der Waals surface area contributed by atoms with Gasteiger partial charge in [0.2, 0.25) is 11.8 Å². The minimum absolute atomic E-state index is 0.0326. The van der Waals surface area contributed by atoms with Crippen LogP contribution in [0.25, 0.3) is 0 Å². The van der Waals surface area contributed by atoms with Gasteiger partial charge in [0.05, 0.1) is 18.3 Å². The molecule has 1 aromatic carbocycles. The molecule has 5 nitrogen and oxygen atoms in total. The summed E-state index contributed by atoms with van der Waals surface area (Å²) in [4.78, 5) is 37.8. The predicted octanol–water partition coefficient (Wildman–Crippen LogP) is 2.47. The van der Waals surface area contributed by atoms with Crippen molar-refractivity contribution >= 4 is 17.8 Å². The molecule has 1 saturated heterocycles. The van der Waals surface area contributed by atoms with Gasteiger partial charge in [-0.05, 0) is 37.5 Å². The summed E-state index contributed by atoms with van der Waals surface area (Å²) in [6, 6.07) is 7.22. The second-order valence-electron chi connectivity index (χ2n) is 6.37. The number of esters is 1. The van der Waals surface area contributed by atoms with E-state index in [1.165, 1.54) is 4.90 Å². The van der Waals surface area contributed by atoms with Crippen molar-refractivity contribution in [2.45, 2.75) is 39.0 Å². The lowest BCUT2D eigenvalue weighted by molar-refractivity contribution is -0.141. The normalized spacial score (nSPS) is 23.8. The monoisotopic (exact) mass is 315 g/mol. The summed E-state index contributed by atoms with van der Waals surface area (Å²) < 4.78 is 5.26. The molecule has 1 aliphatic heterocycles. The first-order chi connectivity index (χ1) is 11.1. The Balaban J connectivity index is 1.56. The maximum Gasteiger partial charge on any atom is 0.312 e. The van der Waals surface area contributed by atoms with Crippen molar-refractivity contribution in [3.05, 3.63) is 29.8 Å². The minimum Gasteiger partial charge on any atom is -0.426 e. The summed E-state index contributed by atoms with van der Waals surface area (Å²) in [5.74, 6) is -0.479. The second kappa shape index (κ2) is 6.52. The van der Waals surface area contributed by atoms with Crippen LogP contribution in [0.15, 0.2) is 24.3 Å². The van der Waals surface area contributed by atoms with Gasteiger partial charge in [0.15, 0.2) is 0 Å². The number of carbonyl (C=O) groups excluding carboxylic acids is 3. The first-order valence-corrected chi connectivity index (χ1v) is 8.19. The lowest BCUT2D eigenvalue weighted by Crippen LogP contribution is -2.33. The van der Waals surface area contributed by atoms with Crippen LogP contribution in [0.3, 0.4) is 0 Å². The van der Waals surface area contributed by atoms with Crippen LogP contribution in [-0.4, -0.2) is 29.2 Å². The largest absolute Gasteiger partial charge is 0.426 e. The van der Waals surface area contributed by atoms with Gasteiger partial charge in [-0.3, -0.25) is 19.3 Å². The molecular weight excluding hydrogens is 294 g/mol. The number of imide groups is 1. The molecule has 1 aromatic rings. The fraction of sp³-hybridized carbons (Fsp3) is 0.500. The maximum absolute atomic E-state index is 12.3. The zero-order valence-electron chi connectivity index (χ0n) is 13.3. The summed E-state index contributed by atoms with van der Waals surface area (Å²) in [7, 11) is 0. The minimum atomic E-state index is -0.425. The molecule has 0 N–H and O–H groups in total. The van der Waals surface area contributed by atoms with Crippen molar-refractivity contribution in [3.8, 4) is 5.75 Å². The Morgan fingerprint density at radius 1 is 1.17 bits per heavy atom. The molecule has 2 amide bonds. The summed E-state index contributed by atoms with van der Waals surface area (Å²) >= 11 is 0. The Bertz CT molecular complexity index is 616. The lowest BCUT2D eigenvalue weighted by Gasteiger charge is -2.19. The van der Waals surface area contributed by atoms with Gasteiger partial charge in [-0.1, -0.05) is 25.0 Å². The van der Waals surface area contributed by atoms with E-state index in [0.717, 1.165) is 31.2 Å². The molecule has 1 heterocycles. The van der Waals surface area contributed by atoms with E-state index in [2.05, 4.69) is 0 Å². The number of benzene rings is 1. The molecule has 2 unspecified atom stereocenters. The molecule has 2 aliphatic rings. The number of aryl methyl sites for hydroxylation is 1. The highest BCUT2D eigenvalue weighted by Gasteiger charge is 2.47. The summed E-state index contributed by atoms with van der Waals surface area (Å²) in [6.45, 7) is 2.04. The van der Waals surface area contributed by atoms with Crippen LogP contribution >= 0.6 is 0 Å². The molecule has 0 aromatic heterocycles. The molecule has 0 bridgehead atoms. The maximum atomic E-state index is 12.3. The number of carbonyl (C=O) groups is 3. The molecule has 2 fully saturated rings. The SMILES string of the molecule is Cc1cccc(OC(=O)CCN2C(=O)C3CCCCC3C2=O)c1. The average molecular weight is 315 g/mol. The number of rotatable bonds is 4. The molecule has 1 aliphatic carbocycles. The van der Waals surface area contributed by atoms with Crippen LogP contribution in [0, 0.1) is 18.8 Å². The van der Waals surface area contributed by atoms with E-state index in [1.807, 2.05) is 19.1 Å². The Morgan fingerprint density at radius 2 is 1.83 bits per heavy atom. The van der Waals surface area contributed by atoms with Crippen molar-refractivity contribution in [2.75, 3.05) is 6.54 Å². The standard InChI is InChI=1S/C18H21NO4/c1-12-5-4-6-13(11-12)23-16(20)9-10-19-17(21)14-7-2-3-8-15(14)18(19)22/h4-6,11,14-15H,2-3,7-10H2,1H3. The third-order valence-electron chi connectivity index (χ3n) is 4.69. The Hall–Kier alpha value is -2.17. The highest BCUT2D eigenvalue weighted by atomic mass is 16.5. The Kier molecular flexibility index (Phi) is 4.46. The van der Waals surface area contributed by atoms with Crippen molar-refractivity contribution in [1.82, 2.24) is 4.90 Å². The fourth-order valence-electron chi connectivity index (χ4n) is 3.52. The number of hydrogen-bond acceptors (Lipinski definition) is 4. The molecule has 5 heteroatoms. The summed E-state index contributed by atoms with van der Waals surface area (Å²) in [5.41, 5.74) is 1.00. The molecule has 0 spiro atoms. The topological polar surface area (TPSA) is 63.7 Å². The van der Waals surface area contributed by atoms with E-state index < -0.39 is 5.97 Å². The van der Waals surface area contributed by atoms with E-state index in [1.54, 1.807) is 12.1 Å². The second-order valence-corrected chi connectivity index (χ2v) is 6.37. The quantitative estimate of drug-likeness (QED) is 0.486. The number of hydrogen-bond donors (Lipinski definition) is 0. The first kappa shape index (κ1) is 15.7. The van der Waals surface area contributed by atoms with Gasteiger partial charge < -0.3 is 4.74 Å². The molecule has 122 valence electrons. The predicted molar refractivity (Wildman–Crippen MR) is 83.6 cm³/mol. The molecule has 23 heavy (non-hydrogen) atoms. The third kappa shape index (κ3) is 3.28. The highest BCUT2D eigenvalue weighted by molar-refractivity contribution is 6.05. The third-order valence-corrected chi connectivity index (χ3v) is 4.69. The molecule has 0 radical (unpaired) electrons. The van der Waals surface area contributed by atoms with Crippen LogP contribution in [0.2, 0.25) is 0 Å². The van der Waals surface area contributed by atoms with Crippen LogP contribution in [0.1, 0.15) is 37.7 Å². The first-order valence-electron chi connectivity index (χ1n) is 8.19. The van der Waals surface area contributed by atoms with Crippen LogP contribution < -0.4 is 4.74 Å². The van der Waals surface area contributed by atoms with E-state index in [4.69, 9.17) is 4.74 Å². The molecule has 2 atom stereocenters. The van der Waals surface area contributed by atoms with E-state index in [9.17, 15) is 14.4 Å². The molecule has 1 saturated carbocycles. The van der Waals surface area contributed by atoms with Gasteiger partial charge in [0, 0.05) is 6.54 Å². The number of nitrogens with zero attached hydrogens (tertiary/aromatic N) is 1. The Morgan fingerprint density at radius 3 is 2.43 bits per heavy atom. The van der Waals surface area contributed by atoms with Crippen LogP contribution in [-0.2, 0) is 14.4 Å². The highest BCUT2D eigenvalue weighted by Crippen LogP contribution is 2.37. The van der Waals surface area contributed by atoms with Crippen LogP contribution in [0.4, 0.5) is 0 Å². The number of amides is 2. The number of fused-ring (bicyclic) bond motifs is 1. The van der Waals surface area contributed by atoms with Gasteiger partial charge >= 0.3 is 5.97 Å². The van der Waals surface area contributed by atoms with Crippen molar-refractivity contribution < 1.29 is 19.1 Å². The zero-order chi connectivity index (χ0) is 16.4. The Labute approximate surface area is 135 Å². The summed E-state index contributed by atoms with van der Waals surface area (Å²) in [5, 5.41) is 0. The zero-order valence-corrected chi connectivity index (χ0v) is 13.3. The van der Waals surface area contributed by atoms with Crippen molar-refractivity contribution in [2.24, 2.45) is 11.8 Å². The lowest BCUT2D eigenvalue weighted by atomic mass is 9.81. The van der Waals surface area contributed by atoms with Gasteiger partial charge in [0.1, 0.15) is 5.75 Å². The number of likely N-dealkylation sites (tertiary alicyclic amines) is 1. The number of ether oxygens (including phenoxy) is 1. The van der Waals surface area contributed by atoms with Gasteiger partial charge in [-0.2, -0.15) is 0 Å². The van der Waals surface area contributed by atoms with Gasteiger partial charge in [-0.25, -0.2) is 0 Å². The molecular formula is C18H21NO4. The average Bonchev–Trinajstić information content (AvgIpc) is 2.77. The van der Waals surface area contributed by atoms with Crippen LogP contribution in [0.5, 0.6) is 5.75 Å². The van der Waals surface area contributed by atoms with E-state index in [-0.39, 0.29) is 36.6 Å². The van der Waals surface area contributed by atoms with Crippen molar-refractivity contribution in [1.29, 1.82) is 0 Å². The van der Waals surface area contributed by atoms with E-state index >= 15 is 0 Å². The van der Waals surface area contributed by atoms with E-state index in [0.29, 0.717) is 5.75 Å². The van der Waals surface area contributed by atoms with Gasteiger partial charge in [-0.15, -0.1) is 0 Å². The smallest absolute Gasteiger partial charge is 0.312 e. The summed E-state index contributed by atoms with van der Waals surface area (Å²) in [6.07, 6.45) is 3.62. The molecule has 3 rings (SSSR count).